The molecule has 15 heteroatoms. The summed E-state index contributed by atoms with van der Waals surface area (Å²) in [5, 5.41) is 20.3. The van der Waals surface area contributed by atoms with E-state index in [9.17, 15) is 19.8 Å². The van der Waals surface area contributed by atoms with Crippen LogP contribution in [0.2, 0.25) is 20.1 Å². The number of hydrogen-bond acceptors (Lipinski definition) is 4. The second-order valence-corrected chi connectivity index (χ2v) is 12.6. The minimum absolute atomic E-state index is 0. The van der Waals surface area contributed by atoms with Gasteiger partial charge in [0.15, 0.2) is 11.3 Å². The number of aromatic carboxylic acids is 1. The van der Waals surface area contributed by atoms with Gasteiger partial charge in [-0.15, -0.1) is 0 Å². The number of aromatic hydroxyl groups is 1. The molecule has 4 rings (SSSR count). The van der Waals surface area contributed by atoms with Gasteiger partial charge in [0.05, 0.1) is 36.4 Å². The molecule has 0 fully saturated rings. The van der Waals surface area contributed by atoms with Crippen LogP contribution in [0.4, 0.5) is 0 Å². The maximum absolute atomic E-state index is 12.7. The van der Waals surface area contributed by atoms with Gasteiger partial charge >= 0.3 is 5.97 Å². The number of rotatable bonds is 2. The first kappa shape index (κ1) is 33.7. The van der Waals surface area contributed by atoms with Crippen molar-refractivity contribution in [3.8, 4) is 28.2 Å². The van der Waals surface area contributed by atoms with E-state index in [0.717, 1.165) is 0 Å². The van der Waals surface area contributed by atoms with Crippen molar-refractivity contribution in [2.75, 3.05) is 0 Å². The molecule has 0 amide bonds. The van der Waals surface area contributed by atoms with E-state index in [1.807, 2.05) is 90.4 Å². The van der Waals surface area contributed by atoms with E-state index < -0.39 is 5.97 Å². The first-order valence-electron chi connectivity index (χ1n) is 8.43. The zero-order chi connectivity index (χ0) is 24.5. The predicted molar refractivity (Wildman–Crippen MR) is 176 cm³/mol. The second-order valence-electron chi connectivity index (χ2n) is 6.56. The van der Waals surface area contributed by atoms with Crippen LogP contribution in [-0.2, 0) is 0 Å². The maximum atomic E-state index is 12.7. The van der Waals surface area contributed by atoms with Gasteiger partial charge in [0.1, 0.15) is 9.32 Å². The summed E-state index contributed by atoms with van der Waals surface area (Å²) in [7, 11) is 0. The monoisotopic (exact) mass is 1020 g/mol. The first-order valence-corrected chi connectivity index (χ1v) is 14.3. The van der Waals surface area contributed by atoms with Gasteiger partial charge in [-0.2, -0.15) is 0 Å². The minimum Gasteiger partial charge on any atom is -0.506 e. The molecule has 0 unspecified atom stereocenters. The van der Waals surface area contributed by atoms with Crippen LogP contribution in [0.5, 0.6) is 5.75 Å². The van der Waals surface area contributed by atoms with E-state index in [4.69, 9.17) is 50.8 Å². The molecule has 2 aromatic carbocycles. The SMILES string of the molecule is O=C(O)c1c(Cl)c(Cl)c(Cl)c(Cl)c1-c1c2cc(I)c(=O)c(I)c-2oc2c(I)c(O)c(I)cc12.[Na].[Na]. The smallest absolute Gasteiger partial charge is 0.337 e. The van der Waals surface area contributed by atoms with E-state index in [2.05, 4.69) is 0 Å². The molecule has 0 saturated heterocycles. The molecule has 2 N–H and O–H groups in total. The molecule has 1 heterocycles. The van der Waals surface area contributed by atoms with E-state index >= 15 is 0 Å². The number of benzene rings is 3. The number of phenolic OH excluding ortho intramolecular Hbond substituents is 1. The average Bonchev–Trinajstić information content (AvgIpc) is 2.76. The van der Waals surface area contributed by atoms with Gasteiger partial charge in [0.2, 0.25) is 5.43 Å². The summed E-state index contributed by atoms with van der Waals surface area (Å²) >= 11 is 33.1. The summed E-state index contributed by atoms with van der Waals surface area (Å²) in [6, 6.07) is 3.22. The van der Waals surface area contributed by atoms with Crippen LogP contribution in [0.3, 0.4) is 0 Å². The summed E-state index contributed by atoms with van der Waals surface area (Å²) in [5.74, 6) is -1.18. The molecule has 0 saturated carbocycles. The fourth-order valence-corrected chi connectivity index (χ4v) is 7.93. The molecule has 1 aliphatic heterocycles. The largest absolute Gasteiger partial charge is 0.506 e. The first-order chi connectivity index (χ1) is 15.4. The molecular weight excluding hydrogens is 1020 g/mol. The molecular formula is C20H4Cl4I4Na2O5. The molecule has 2 radical (unpaired) electrons. The Bertz CT molecular complexity index is 1580. The van der Waals surface area contributed by atoms with Crippen molar-refractivity contribution >= 4 is 213 Å². The third kappa shape index (κ3) is 5.80. The van der Waals surface area contributed by atoms with Gasteiger partial charge in [-0.3, -0.25) is 4.79 Å². The number of carboxylic acids is 1. The van der Waals surface area contributed by atoms with Crippen LogP contribution in [-0.4, -0.2) is 75.3 Å². The van der Waals surface area contributed by atoms with Gasteiger partial charge in [-0.05, 0) is 102 Å². The average molecular weight is 1020 g/mol. The van der Waals surface area contributed by atoms with Gasteiger partial charge < -0.3 is 14.6 Å². The van der Waals surface area contributed by atoms with Crippen molar-refractivity contribution in [1.29, 1.82) is 0 Å². The van der Waals surface area contributed by atoms with Crippen molar-refractivity contribution in [1.82, 2.24) is 0 Å². The zero-order valence-electron chi connectivity index (χ0n) is 17.3. The van der Waals surface area contributed by atoms with E-state index in [0.29, 0.717) is 27.2 Å². The van der Waals surface area contributed by atoms with Crippen LogP contribution in [0, 0.1) is 14.3 Å². The summed E-state index contributed by atoms with van der Waals surface area (Å²) in [6.45, 7) is 0. The third-order valence-corrected chi connectivity index (χ3v) is 10.2. The fourth-order valence-electron chi connectivity index (χ4n) is 3.33. The molecule has 5 nitrogen and oxygen atoms in total. The summed E-state index contributed by atoms with van der Waals surface area (Å²) in [5.41, 5.74) is 0.423. The third-order valence-electron chi connectivity index (χ3n) is 4.75. The summed E-state index contributed by atoms with van der Waals surface area (Å²) in [6.07, 6.45) is 0. The Hall–Kier alpha value is 2.48. The van der Waals surface area contributed by atoms with E-state index in [1.54, 1.807) is 12.1 Å². The predicted octanol–water partition coefficient (Wildman–Crippen LogP) is 8.24. The molecule has 0 atom stereocenters. The van der Waals surface area contributed by atoms with Crippen molar-refractivity contribution in [2.45, 2.75) is 0 Å². The molecule has 2 aliphatic rings. The van der Waals surface area contributed by atoms with E-state index in [1.165, 1.54) is 0 Å². The second kappa shape index (κ2) is 13.0. The van der Waals surface area contributed by atoms with Crippen LogP contribution >= 0.6 is 137 Å². The van der Waals surface area contributed by atoms with Gasteiger partial charge in [-0.25, -0.2) is 4.79 Å². The Balaban J connectivity index is 0.00000216. The Morgan fingerprint density at radius 1 is 0.829 bits per heavy atom. The topological polar surface area (TPSA) is 87.7 Å². The van der Waals surface area contributed by atoms with Crippen molar-refractivity contribution < 1.29 is 19.4 Å². The fraction of sp³-hybridized carbons (Fsp3) is 0. The minimum atomic E-state index is -1.37. The Labute approximate surface area is 316 Å². The number of carbonyl (C=O) groups is 1. The molecule has 35 heavy (non-hydrogen) atoms. The molecule has 0 aromatic heterocycles. The number of fused-ring (bicyclic) bond motifs is 2. The summed E-state index contributed by atoms with van der Waals surface area (Å²) in [4.78, 5) is 25.0. The van der Waals surface area contributed by atoms with Gasteiger partial charge in [-0.1, -0.05) is 46.4 Å². The van der Waals surface area contributed by atoms with Gasteiger partial charge in [0, 0.05) is 81.2 Å². The van der Waals surface area contributed by atoms with Crippen LogP contribution in [0.15, 0.2) is 21.3 Å². The molecule has 1 aliphatic carbocycles. The van der Waals surface area contributed by atoms with Crippen LogP contribution in [0.25, 0.3) is 33.4 Å². The van der Waals surface area contributed by atoms with Crippen LogP contribution < -0.4 is 5.43 Å². The quantitative estimate of drug-likeness (QED) is 0.0696. The maximum Gasteiger partial charge on any atom is 0.337 e. The Morgan fingerprint density at radius 2 is 1.40 bits per heavy atom. The molecule has 0 bridgehead atoms. The molecule has 2 aromatic rings. The molecule has 172 valence electrons. The summed E-state index contributed by atoms with van der Waals surface area (Å²) < 4.78 is 7.64. The Kier molecular flexibility index (Phi) is 12.5. The van der Waals surface area contributed by atoms with Crippen LogP contribution in [0.1, 0.15) is 10.4 Å². The van der Waals surface area contributed by atoms with Crippen molar-refractivity contribution in [3.05, 3.63) is 62.3 Å². The zero-order valence-corrected chi connectivity index (χ0v) is 33.0. The number of carboxylic acid groups (broad SMARTS) is 1. The molecule has 0 spiro atoms. The number of halogens is 8. The van der Waals surface area contributed by atoms with Crippen molar-refractivity contribution in [3.63, 3.8) is 0 Å². The normalized spacial score (nSPS) is 10.9. The number of phenols is 1. The number of hydrogen-bond donors (Lipinski definition) is 2. The van der Waals surface area contributed by atoms with Gasteiger partial charge in [0.25, 0.3) is 0 Å². The van der Waals surface area contributed by atoms with Crippen molar-refractivity contribution in [2.24, 2.45) is 0 Å². The standard InChI is InChI=1S/C20H4Cl4I4O5.2Na/c21-10-8(9(20(31)32)11(22)13(24)12(10)23)7-3-1-5(25)16(29)14(27)18(3)33-19-4(7)2-6(26)17(30)15(19)28;;/h1-2,29H,(H,31,32);;. The van der Waals surface area contributed by atoms with E-state index in [-0.39, 0.29) is 116 Å². The Morgan fingerprint density at radius 3 is 1.97 bits per heavy atom.